The van der Waals surface area contributed by atoms with Gasteiger partial charge in [0.2, 0.25) is 0 Å². The van der Waals surface area contributed by atoms with Crippen LogP contribution in [0, 0.1) is 13.8 Å². The van der Waals surface area contributed by atoms with E-state index in [1.807, 2.05) is 62.4 Å². The molecule has 3 aromatic rings. The average molecular weight is 339 g/mol. The number of carbonyl (C=O) groups excluding carboxylic acids is 1. The molecule has 0 spiro atoms. The minimum Gasteiger partial charge on any atom is -0.289 e. The lowest BCUT2D eigenvalue weighted by Gasteiger charge is -2.11. The van der Waals surface area contributed by atoms with Crippen molar-refractivity contribution >= 4 is 32.5 Å². The van der Waals surface area contributed by atoms with Crippen molar-refractivity contribution in [1.82, 2.24) is 0 Å². The average Bonchev–Trinajstić information content (AvgIpc) is 2.49. The number of carbonyl (C=O) groups is 1. The first-order valence-electron chi connectivity index (χ1n) is 6.88. The van der Waals surface area contributed by atoms with Crippen molar-refractivity contribution < 1.29 is 4.79 Å². The quantitative estimate of drug-likeness (QED) is 0.568. The lowest BCUT2D eigenvalue weighted by atomic mass is 9.93. The third-order valence-corrected chi connectivity index (χ3v) is 4.85. The molecule has 0 aromatic heterocycles. The van der Waals surface area contributed by atoms with Crippen LogP contribution in [0.3, 0.4) is 0 Å². The Labute approximate surface area is 132 Å². The second kappa shape index (κ2) is 5.45. The van der Waals surface area contributed by atoms with E-state index in [0.717, 1.165) is 37.5 Å². The van der Waals surface area contributed by atoms with E-state index in [9.17, 15) is 4.79 Å². The molecular formula is C19H15BrO. The Morgan fingerprint density at radius 1 is 0.857 bits per heavy atom. The number of halogens is 1. The lowest BCUT2D eigenvalue weighted by molar-refractivity contribution is 0.103. The Morgan fingerprint density at radius 2 is 1.62 bits per heavy atom. The maximum atomic E-state index is 13.0. The number of fused-ring (bicyclic) bond motifs is 1. The number of hydrogen-bond donors (Lipinski definition) is 0. The number of benzene rings is 3. The maximum absolute atomic E-state index is 13.0. The smallest absolute Gasteiger partial charge is 0.195 e. The number of rotatable bonds is 2. The summed E-state index contributed by atoms with van der Waals surface area (Å²) in [7, 11) is 0. The highest BCUT2D eigenvalue weighted by atomic mass is 79.9. The molecule has 2 heteroatoms. The summed E-state index contributed by atoms with van der Waals surface area (Å²) in [4.78, 5) is 13.0. The largest absolute Gasteiger partial charge is 0.289 e. The zero-order chi connectivity index (χ0) is 15.0. The third-order valence-electron chi connectivity index (χ3n) is 3.80. The Bertz CT molecular complexity index is 849. The molecule has 0 unspecified atom stereocenters. The molecule has 0 atom stereocenters. The molecule has 104 valence electrons. The Morgan fingerprint density at radius 3 is 2.43 bits per heavy atom. The van der Waals surface area contributed by atoms with Crippen LogP contribution in [0.25, 0.3) is 10.8 Å². The van der Waals surface area contributed by atoms with Gasteiger partial charge in [0.05, 0.1) is 0 Å². The van der Waals surface area contributed by atoms with Crippen LogP contribution in [0.5, 0.6) is 0 Å². The van der Waals surface area contributed by atoms with Gasteiger partial charge in [-0.25, -0.2) is 0 Å². The van der Waals surface area contributed by atoms with Gasteiger partial charge in [-0.05, 0) is 57.7 Å². The van der Waals surface area contributed by atoms with Crippen molar-refractivity contribution in [3.63, 3.8) is 0 Å². The number of ketones is 1. The molecule has 0 fully saturated rings. The summed E-state index contributed by atoms with van der Waals surface area (Å²) in [5.74, 6) is 0.0693. The van der Waals surface area contributed by atoms with Crippen molar-refractivity contribution in [3.8, 4) is 0 Å². The fourth-order valence-corrected chi connectivity index (χ4v) is 3.08. The van der Waals surface area contributed by atoms with Gasteiger partial charge in [0.1, 0.15) is 0 Å². The van der Waals surface area contributed by atoms with Gasteiger partial charge >= 0.3 is 0 Å². The van der Waals surface area contributed by atoms with E-state index in [1.165, 1.54) is 0 Å². The van der Waals surface area contributed by atoms with Gasteiger partial charge in [-0.1, -0.05) is 48.5 Å². The van der Waals surface area contributed by atoms with Gasteiger partial charge in [0.15, 0.2) is 5.78 Å². The molecule has 0 saturated carbocycles. The van der Waals surface area contributed by atoms with Crippen LogP contribution >= 0.6 is 15.9 Å². The zero-order valence-electron chi connectivity index (χ0n) is 12.0. The summed E-state index contributed by atoms with van der Waals surface area (Å²) >= 11 is 3.55. The lowest BCUT2D eigenvalue weighted by Crippen LogP contribution is -2.06. The third kappa shape index (κ3) is 2.40. The van der Waals surface area contributed by atoms with E-state index in [4.69, 9.17) is 0 Å². The molecule has 0 N–H and O–H groups in total. The minimum absolute atomic E-state index is 0.0693. The normalized spacial score (nSPS) is 10.8. The highest BCUT2D eigenvalue weighted by Crippen LogP contribution is 2.29. The summed E-state index contributed by atoms with van der Waals surface area (Å²) in [5.41, 5.74) is 3.58. The van der Waals surface area contributed by atoms with Crippen molar-refractivity contribution in [2.75, 3.05) is 0 Å². The van der Waals surface area contributed by atoms with Crippen LogP contribution in [0.2, 0.25) is 0 Å². The van der Waals surface area contributed by atoms with Crippen LogP contribution in [0.15, 0.2) is 59.1 Å². The predicted octanol–water partition coefficient (Wildman–Crippen LogP) is 5.45. The molecule has 0 saturated heterocycles. The SMILES string of the molecule is Cc1cccc(C(=O)c2c(C)ccc3ccccc23)c1Br. The van der Waals surface area contributed by atoms with E-state index in [0.29, 0.717) is 0 Å². The van der Waals surface area contributed by atoms with E-state index in [2.05, 4.69) is 22.0 Å². The fourth-order valence-electron chi connectivity index (χ4n) is 2.64. The van der Waals surface area contributed by atoms with E-state index < -0.39 is 0 Å². The van der Waals surface area contributed by atoms with E-state index >= 15 is 0 Å². The Hall–Kier alpha value is -1.93. The molecule has 0 heterocycles. The van der Waals surface area contributed by atoms with Gasteiger partial charge in [0.25, 0.3) is 0 Å². The van der Waals surface area contributed by atoms with Gasteiger partial charge in [-0.15, -0.1) is 0 Å². The van der Waals surface area contributed by atoms with Crippen molar-refractivity contribution in [3.05, 3.63) is 81.3 Å². The summed E-state index contributed by atoms with van der Waals surface area (Å²) in [6.45, 7) is 3.99. The molecule has 3 rings (SSSR count). The molecule has 0 aliphatic carbocycles. The van der Waals surface area contributed by atoms with Crippen LogP contribution < -0.4 is 0 Å². The molecule has 1 nitrogen and oxygen atoms in total. The Balaban J connectivity index is 2.27. The van der Waals surface area contributed by atoms with Gasteiger partial charge < -0.3 is 0 Å². The van der Waals surface area contributed by atoms with E-state index in [1.54, 1.807) is 0 Å². The molecule has 0 aliphatic heterocycles. The standard InChI is InChI=1S/C19H15BrO/c1-12-10-11-14-7-3-4-8-15(14)17(12)19(21)16-9-5-6-13(2)18(16)20/h3-11H,1-2H3. The topological polar surface area (TPSA) is 17.1 Å². The second-order valence-electron chi connectivity index (χ2n) is 5.24. The van der Waals surface area contributed by atoms with Crippen LogP contribution in [0.4, 0.5) is 0 Å². The zero-order valence-corrected chi connectivity index (χ0v) is 13.6. The monoisotopic (exact) mass is 338 g/mol. The molecule has 3 aromatic carbocycles. The summed E-state index contributed by atoms with van der Waals surface area (Å²) in [6.07, 6.45) is 0. The van der Waals surface area contributed by atoms with Crippen LogP contribution in [-0.4, -0.2) is 5.78 Å². The summed E-state index contributed by atoms with van der Waals surface area (Å²) < 4.78 is 0.877. The molecule has 0 radical (unpaired) electrons. The molecule has 0 bridgehead atoms. The summed E-state index contributed by atoms with van der Waals surface area (Å²) in [6, 6.07) is 17.9. The molecular weight excluding hydrogens is 324 g/mol. The van der Waals surface area contributed by atoms with Gasteiger partial charge in [-0.2, -0.15) is 0 Å². The highest BCUT2D eigenvalue weighted by molar-refractivity contribution is 9.10. The van der Waals surface area contributed by atoms with Crippen molar-refractivity contribution in [2.45, 2.75) is 13.8 Å². The Kier molecular flexibility index (Phi) is 3.64. The van der Waals surface area contributed by atoms with Gasteiger partial charge in [-0.3, -0.25) is 4.79 Å². The maximum Gasteiger partial charge on any atom is 0.195 e. The van der Waals surface area contributed by atoms with Crippen molar-refractivity contribution in [1.29, 1.82) is 0 Å². The molecule has 21 heavy (non-hydrogen) atoms. The number of hydrogen-bond acceptors (Lipinski definition) is 1. The first kappa shape index (κ1) is 14.0. The van der Waals surface area contributed by atoms with Crippen LogP contribution in [-0.2, 0) is 0 Å². The first-order chi connectivity index (χ1) is 10.1. The highest BCUT2D eigenvalue weighted by Gasteiger charge is 2.18. The second-order valence-corrected chi connectivity index (χ2v) is 6.04. The van der Waals surface area contributed by atoms with Gasteiger partial charge in [0, 0.05) is 15.6 Å². The van der Waals surface area contributed by atoms with Crippen LogP contribution in [0.1, 0.15) is 27.0 Å². The minimum atomic E-state index is 0.0693. The number of aryl methyl sites for hydroxylation is 2. The first-order valence-corrected chi connectivity index (χ1v) is 7.67. The predicted molar refractivity (Wildman–Crippen MR) is 91.0 cm³/mol. The molecule has 0 aliphatic rings. The van der Waals surface area contributed by atoms with Crippen molar-refractivity contribution in [2.24, 2.45) is 0 Å². The molecule has 0 amide bonds. The summed E-state index contributed by atoms with van der Waals surface area (Å²) in [5, 5.41) is 2.10. The fraction of sp³-hybridized carbons (Fsp3) is 0.105. The van der Waals surface area contributed by atoms with E-state index in [-0.39, 0.29) is 5.78 Å².